The van der Waals surface area contributed by atoms with Crippen molar-refractivity contribution in [1.82, 2.24) is 4.72 Å². The summed E-state index contributed by atoms with van der Waals surface area (Å²) in [5, 5.41) is 1.98. The van der Waals surface area contributed by atoms with Gasteiger partial charge in [-0.2, -0.15) is 0 Å². The van der Waals surface area contributed by atoms with Crippen LogP contribution in [-0.2, 0) is 23.0 Å². The minimum atomic E-state index is -3.15. The second-order valence-corrected chi connectivity index (χ2v) is 6.88. The predicted molar refractivity (Wildman–Crippen MR) is 63.3 cm³/mol. The summed E-state index contributed by atoms with van der Waals surface area (Å²) < 4.78 is 24.8. The van der Waals surface area contributed by atoms with Gasteiger partial charge in [0.15, 0.2) is 0 Å². The molecule has 0 aliphatic heterocycles. The van der Waals surface area contributed by atoms with Crippen molar-refractivity contribution < 1.29 is 8.42 Å². The van der Waals surface area contributed by atoms with E-state index in [9.17, 15) is 8.42 Å². The average Bonchev–Trinajstić information content (AvgIpc) is 2.62. The summed E-state index contributed by atoms with van der Waals surface area (Å²) in [4.78, 5) is 1.09. The first-order valence-electron chi connectivity index (χ1n) is 4.17. The minimum absolute atomic E-state index is 0.0488. The predicted octanol–water partition coefficient (Wildman–Crippen LogP) is 2.08. The van der Waals surface area contributed by atoms with Crippen LogP contribution in [0.25, 0.3) is 0 Å². The van der Waals surface area contributed by atoms with Crippen molar-refractivity contribution in [2.75, 3.05) is 4.66 Å². The van der Waals surface area contributed by atoms with E-state index in [-0.39, 0.29) is 4.66 Å². The molecule has 1 aromatic rings. The Morgan fingerprint density at radius 2 is 2.29 bits per heavy atom. The molecular weight excluding hydrogens is 286 g/mol. The third kappa shape index (κ3) is 3.34. The van der Waals surface area contributed by atoms with Crippen LogP contribution in [0, 0.1) is 0 Å². The van der Waals surface area contributed by atoms with Crippen molar-refractivity contribution in [3.05, 3.63) is 21.9 Å². The Morgan fingerprint density at radius 1 is 1.57 bits per heavy atom. The second kappa shape index (κ2) is 5.25. The first-order chi connectivity index (χ1) is 6.59. The molecule has 1 aromatic heterocycles. The number of halogens is 1. The quantitative estimate of drug-likeness (QED) is 0.846. The van der Waals surface area contributed by atoms with Crippen LogP contribution in [0.5, 0.6) is 0 Å². The van der Waals surface area contributed by atoms with Gasteiger partial charge in [0, 0.05) is 11.4 Å². The lowest BCUT2D eigenvalue weighted by Gasteiger charge is -2.03. The number of nitrogens with one attached hydrogen (secondary N) is 1. The highest BCUT2D eigenvalue weighted by Crippen LogP contribution is 2.17. The Kier molecular flexibility index (Phi) is 4.56. The lowest BCUT2D eigenvalue weighted by Crippen LogP contribution is -2.23. The van der Waals surface area contributed by atoms with Gasteiger partial charge in [-0.15, -0.1) is 11.3 Å². The largest absolute Gasteiger partial charge is 0.221 e. The molecule has 0 radical (unpaired) electrons. The van der Waals surface area contributed by atoms with Crippen LogP contribution in [0.1, 0.15) is 17.4 Å². The Bertz CT molecular complexity index is 386. The van der Waals surface area contributed by atoms with Crippen LogP contribution in [-0.4, -0.2) is 13.1 Å². The highest BCUT2D eigenvalue weighted by atomic mass is 79.9. The minimum Gasteiger partial charge on any atom is -0.212 e. The molecule has 0 saturated carbocycles. The molecule has 0 saturated heterocycles. The molecule has 0 amide bonds. The molecule has 1 N–H and O–H groups in total. The normalized spacial score (nSPS) is 11.9. The van der Waals surface area contributed by atoms with E-state index in [1.807, 2.05) is 11.4 Å². The molecule has 0 unspecified atom stereocenters. The summed E-state index contributed by atoms with van der Waals surface area (Å²) in [7, 11) is -3.15. The monoisotopic (exact) mass is 297 g/mol. The zero-order valence-electron chi connectivity index (χ0n) is 7.79. The van der Waals surface area contributed by atoms with Crippen LogP contribution in [0.3, 0.4) is 0 Å². The molecule has 3 nitrogen and oxygen atoms in total. The number of hydrogen-bond donors (Lipinski definition) is 1. The van der Waals surface area contributed by atoms with E-state index in [2.05, 4.69) is 27.6 Å². The zero-order valence-corrected chi connectivity index (χ0v) is 11.0. The molecule has 0 spiro atoms. The molecule has 6 heteroatoms. The summed E-state index contributed by atoms with van der Waals surface area (Å²) >= 11 is 4.51. The van der Waals surface area contributed by atoms with Crippen molar-refractivity contribution in [2.24, 2.45) is 0 Å². The molecular formula is C8H12BrNO2S2. The fourth-order valence-corrected chi connectivity index (χ4v) is 2.99. The molecule has 0 fully saturated rings. The molecule has 1 rings (SSSR count). The van der Waals surface area contributed by atoms with E-state index < -0.39 is 10.0 Å². The highest BCUT2D eigenvalue weighted by molar-refractivity contribution is 9.10. The Balaban J connectivity index is 2.62. The smallest absolute Gasteiger partial charge is 0.212 e. The first kappa shape index (κ1) is 12.2. The Labute approximate surface area is 96.7 Å². The SMILES string of the molecule is CCc1ccsc1CNS(=O)(=O)CBr. The number of sulfonamides is 1. The van der Waals surface area contributed by atoms with E-state index in [0.29, 0.717) is 6.54 Å². The average molecular weight is 298 g/mol. The van der Waals surface area contributed by atoms with Crippen molar-refractivity contribution in [1.29, 1.82) is 0 Å². The second-order valence-electron chi connectivity index (χ2n) is 2.77. The molecule has 80 valence electrons. The van der Waals surface area contributed by atoms with Gasteiger partial charge in [-0.25, -0.2) is 13.1 Å². The lowest BCUT2D eigenvalue weighted by atomic mass is 10.2. The van der Waals surface area contributed by atoms with Crippen LogP contribution < -0.4 is 4.72 Å². The van der Waals surface area contributed by atoms with E-state index >= 15 is 0 Å². The number of alkyl halides is 1. The van der Waals surface area contributed by atoms with Gasteiger partial charge in [0.1, 0.15) is 4.66 Å². The van der Waals surface area contributed by atoms with Crippen LogP contribution in [0.15, 0.2) is 11.4 Å². The number of hydrogen-bond acceptors (Lipinski definition) is 3. The summed E-state index contributed by atoms with van der Waals surface area (Å²) in [6, 6.07) is 2.03. The standard InChI is InChI=1S/C8H12BrNO2S2/c1-2-7-3-4-13-8(7)5-10-14(11,12)6-9/h3-4,10H,2,5-6H2,1H3. The molecule has 0 aromatic carbocycles. The highest BCUT2D eigenvalue weighted by Gasteiger charge is 2.09. The molecule has 0 aliphatic carbocycles. The van der Waals surface area contributed by atoms with Gasteiger partial charge in [-0.1, -0.05) is 22.9 Å². The molecule has 1 heterocycles. The van der Waals surface area contributed by atoms with Crippen molar-refractivity contribution in [3.63, 3.8) is 0 Å². The van der Waals surface area contributed by atoms with Crippen LogP contribution >= 0.6 is 27.3 Å². The molecule has 0 bridgehead atoms. The van der Waals surface area contributed by atoms with E-state index in [1.54, 1.807) is 11.3 Å². The topological polar surface area (TPSA) is 46.2 Å². The van der Waals surface area contributed by atoms with E-state index in [4.69, 9.17) is 0 Å². The third-order valence-corrected chi connectivity index (χ3v) is 5.46. The van der Waals surface area contributed by atoms with Gasteiger partial charge in [-0.3, -0.25) is 0 Å². The van der Waals surface area contributed by atoms with Crippen molar-refractivity contribution >= 4 is 37.3 Å². The summed E-state index contributed by atoms with van der Waals surface area (Å²) in [5.41, 5.74) is 1.22. The van der Waals surface area contributed by atoms with Gasteiger partial charge in [0.25, 0.3) is 0 Å². The number of aryl methyl sites for hydroxylation is 1. The zero-order chi connectivity index (χ0) is 10.6. The maximum atomic E-state index is 11.1. The van der Waals surface area contributed by atoms with E-state index in [1.165, 1.54) is 5.56 Å². The van der Waals surface area contributed by atoms with Crippen molar-refractivity contribution in [2.45, 2.75) is 19.9 Å². The lowest BCUT2D eigenvalue weighted by molar-refractivity contribution is 0.587. The van der Waals surface area contributed by atoms with Crippen LogP contribution in [0.4, 0.5) is 0 Å². The van der Waals surface area contributed by atoms with Gasteiger partial charge in [-0.05, 0) is 23.4 Å². The fraction of sp³-hybridized carbons (Fsp3) is 0.500. The van der Waals surface area contributed by atoms with Crippen molar-refractivity contribution in [3.8, 4) is 0 Å². The molecule has 0 atom stereocenters. The maximum Gasteiger partial charge on any atom is 0.221 e. The Hall–Kier alpha value is 0.0900. The van der Waals surface area contributed by atoms with Gasteiger partial charge < -0.3 is 0 Å². The number of rotatable bonds is 5. The third-order valence-electron chi connectivity index (χ3n) is 1.81. The maximum absolute atomic E-state index is 11.1. The molecule has 0 aliphatic rings. The van der Waals surface area contributed by atoms with Gasteiger partial charge in [0.2, 0.25) is 10.0 Å². The van der Waals surface area contributed by atoms with E-state index in [0.717, 1.165) is 11.3 Å². The summed E-state index contributed by atoms with van der Waals surface area (Å²) in [5.74, 6) is 0. The fourth-order valence-electron chi connectivity index (χ4n) is 1.05. The first-order valence-corrected chi connectivity index (χ1v) is 7.83. The summed E-state index contributed by atoms with van der Waals surface area (Å²) in [6.07, 6.45) is 0.939. The van der Waals surface area contributed by atoms with Gasteiger partial charge in [0.05, 0.1) is 0 Å². The Morgan fingerprint density at radius 3 is 2.86 bits per heavy atom. The molecule has 14 heavy (non-hydrogen) atoms. The summed E-state index contributed by atoms with van der Waals surface area (Å²) in [6.45, 7) is 2.46. The van der Waals surface area contributed by atoms with Crippen LogP contribution in [0.2, 0.25) is 0 Å². The number of thiophene rings is 1. The van der Waals surface area contributed by atoms with Gasteiger partial charge >= 0.3 is 0 Å².